The summed E-state index contributed by atoms with van der Waals surface area (Å²) in [5, 5.41) is 10.9. The summed E-state index contributed by atoms with van der Waals surface area (Å²) in [6.45, 7) is 1.83. The molecule has 1 aliphatic heterocycles. The van der Waals surface area contributed by atoms with E-state index in [4.69, 9.17) is 11.6 Å². The Hall–Kier alpha value is -3.21. The van der Waals surface area contributed by atoms with Gasteiger partial charge in [-0.1, -0.05) is 29.8 Å². The minimum atomic E-state index is -4.05. The number of halogens is 1. The van der Waals surface area contributed by atoms with Gasteiger partial charge in [0.25, 0.3) is 15.9 Å². The zero-order chi connectivity index (χ0) is 23.9. The summed E-state index contributed by atoms with van der Waals surface area (Å²) in [6.07, 6.45) is -0.205. The molecule has 4 rings (SSSR count). The Balaban J connectivity index is 1.81. The van der Waals surface area contributed by atoms with E-state index in [1.807, 2.05) is 0 Å². The minimum absolute atomic E-state index is 0.0195. The van der Waals surface area contributed by atoms with Crippen molar-refractivity contribution in [1.82, 2.24) is 0 Å². The quantitative estimate of drug-likeness (QED) is 0.507. The van der Waals surface area contributed by atoms with Crippen molar-refractivity contribution in [2.45, 2.75) is 18.2 Å². The first-order valence-electron chi connectivity index (χ1n) is 9.75. The van der Waals surface area contributed by atoms with Crippen LogP contribution in [0.1, 0.15) is 32.5 Å². The standard InChI is InChI=1S/C22H17ClN2O6S2/c1-2-24(14-6-4-3-5-7-14)33(30,31)15-8-9-16(23)17(11-15)25-18(26)10-13-12-32-20(22(28)29)19(13)21(25)27/h3-9,11-12H,2,10H2,1H3,(H,28,29). The molecule has 1 aliphatic rings. The van der Waals surface area contributed by atoms with Gasteiger partial charge in [-0.05, 0) is 48.2 Å². The number of carbonyl (C=O) groups excluding carboxylic acids is 2. The monoisotopic (exact) mass is 504 g/mol. The van der Waals surface area contributed by atoms with Crippen molar-refractivity contribution < 1.29 is 27.9 Å². The number of hydrogen-bond acceptors (Lipinski definition) is 6. The van der Waals surface area contributed by atoms with Gasteiger partial charge in [0.1, 0.15) is 4.88 Å². The number of amides is 2. The van der Waals surface area contributed by atoms with E-state index in [1.165, 1.54) is 21.8 Å². The van der Waals surface area contributed by atoms with E-state index >= 15 is 0 Å². The molecule has 0 fully saturated rings. The number of rotatable bonds is 6. The van der Waals surface area contributed by atoms with Crippen LogP contribution in [0.25, 0.3) is 0 Å². The summed E-state index contributed by atoms with van der Waals surface area (Å²) in [4.78, 5) is 37.9. The second-order valence-corrected chi connectivity index (χ2v) is 10.2. The van der Waals surface area contributed by atoms with Crippen LogP contribution in [0.5, 0.6) is 0 Å². The minimum Gasteiger partial charge on any atom is -0.477 e. The van der Waals surface area contributed by atoms with Crippen LogP contribution >= 0.6 is 22.9 Å². The average molecular weight is 505 g/mol. The third-order valence-corrected chi connectivity index (χ3v) is 8.38. The van der Waals surface area contributed by atoms with Crippen LogP contribution in [0.15, 0.2) is 58.8 Å². The Morgan fingerprint density at radius 1 is 1.18 bits per heavy atom. The largest absolute Gasteiger partial charge is 0.477 e. The summed E-state index contributed by atoms with van der Waals surface area (Å²) in [7, 11) is -4.05. The molecule has 0 saturated carbocycles. The van der Waals surface area contributed by atoms with Gasteiger partial charge in [-0.3, -0.25) is 13.9 Å². The summed E-state index contributed by atoms with van der Waals surface area (Å²) in [6, 6.07) is 12.3. The number of hydrogen-bond donors (Lipinski definition) is 1. The van der Waals surface area contributed by atoms with Crippen molar-refractivity contribution >= 4 is 62.1 Å². The molecule has 2 aromatic carbocycles. The molecular weight excluding hydrogens is 488 g/mol. The molecule has 0 aliphatic carbocycles. The highest BCUT2D eigenvalue weighted by Gasteiger charge is 2.38. The van der Waals surface area contributed by atoms with Crippen LogP contribution in [0, 0.1) is 0 Å². The SMILES string of the molecule is CCN(c1ccccc1)S(=O)(=O)c1ccc(Cl)c(N2C(=O)Cc3csc(C(=O)O)c3C2=O)c1. The molecule has 0 unspecified atom stereocenters. The molecule has 0 radical (unpaired) electrons. The van der Waals surface area contributed by atoms with E-state index in [0.717, 1.165) is 22.3 Å². The first-order chi connectivity index (χ1) is 15.7. The number of para-hydroxylation sites is 1. The zero-order valence-electron chi connectivity index (χ0n) is 17.2. The fourth-order valence-electron chi connectivity index (χ4n) is 3.66. The summed E-state index contributed by atoms with van der Waals surface area (Å²) in [5.41, 5.74) is 0.571. The van der Waals surface area contributed by atoms with E-state index in [9.17, 15) is 27.9 Å². The molecule has 0 saturated heterocycles. The molecule has 170 valence electrons. The maximum absolute atomic E-state index is 13.4. The van der Waals surface area contributed by atoms with Gasteiger partial charge in [-0.15, -0.1) is 11.3 Å². The summed E-state index contributed by atoms with van der Waals surface area (Å²) >= 11 is 7.13. The lowest BCUT2D eigenvalue weighted by Crippen LogP contribution is -2.43. The van der Waals surface area contributed by atoms with Crippen LogP contribution in [-0.2, 0) is 21.2 Å². The maximum Gasteiger partial charge on any atom is 0.346 e. The van der Waals surface area contributed by atoms with Crippen LogP contribution in [0.4, 0.5) is 11.4 Å². The normalized spacial score (nSPS) is 13.7. The number of sulfonamides is 1. The van der Waals surface area contributed by atoms with Gasteiger partial charge in [-0.25, -0.2) is 18.1 Å². The molecule has 3 aromatic rings. The molecule has 0 bridgehead atoms. The van der Waals surface area contributed by atoms with Crippen molar-refractivity contribution in [2.75, 3.05) is 15.7 Å². The van der Waals surface area contributed by atoms with Crippen LogP contribution in [0.3, 0.4) is 0 Å². The summed E-state index contributed by atoms with van der Waals surface area (Å²) < 4.78 is 28.0. The van der Waals surface area contributed by atoms with Crippen molar-refractivity contribution in [1.29, 1.82) is 0 Å². The molecular formula is C22H17ClN2O6S2. The maximum atomic E-state index is 13.4. The van der Waals surface area contributed by atoms with E-state index < -0.39 is 27.8 Å². The van der Waals surface area contributed by atoms with Crippen LogP contribution in [-0.4, -0.2) is 37.9 Å². The highest BCUT2D eigenvalue weighted by molar-refractivity contribution is 7.92. The Bertz CT molecular complexity index is 1390. The van der Waals surface area contributed by atoms with Gasteiger partial charge in [0.2, 0.25) is 5.91 Å². The number of benzene rings is 2. The Labute approximate surface area is 198 Å². The first kappa shape index (κ1) is 23.0. The fraction of sp³-hybridized carbons (Fsp3) is 0.136. The van der Waals surface area contributed by atoms with Crippen molar-refractivity contribution in [3.05, 3.63) is 74.9 Å². The first-order valence-corrected chi connectivity index (χ1v) is 12.4. The Morgan fingerprint density at radius 3 is 2.52 bits per heavy atom. The Kier molecular flexibility index (Phi) is 6.00. The van der Waals surface area contributed by atoms with Gasteiger partial charge in [0, 0.05) is 6.54 Å². The van der Waals surface area contributed by atoms with Gasteiger partial charge >= 0.3 is 5.97 Å². The fourth-order valence-corrected chi connectivity index (χ4v) is 6.26. The average Bonchev–Trinajstić information content (AvgIpc) is 3.20. The number of nitrogens with zero attached hydrogens (tertiary/aromatic N) is 2. The molecule has 33 heavy (non-hydrogen) atoms. The molecule has 0 spiro atoms. The molecule has 0 atom stereocenters. The molecule has 2 heterocycles. The number of aromatic carboxylic acids is 1. The van der Waals surface area contributed by atoms with Gasteiger partial charge < -0.3 is 5.11 Å². The van der Waals surface area contributed by atoms with E-state index in [0.29, 0.717) is 11.3 Å². The predicted molar refractivity (Wildman–Crippen MR) is 125 cm³/mol. The molecule has 2 amide bonds. The number of carbonyl (C=O) groups is 3. The second-order valence-electron chi connectivity index (χ2n) is 7.10. The lowest BCUT2D eigenvalue weighted by molar-refractivity contribution is -0.117. The van der Waals surface area contributed by atoms with Crippen molar-refractivity contribution in [3.8, 4) is 0 Å². The zero-order valence-corrected chi connectivity index (χ0v) is 19.6. The molecule has 1 aromatic heterocycles. The number of thiophene rings is 1. The van der Waals surface area contributed by atoms with Crippen LogP contribution in [0.2, 0.25) is 5.02 Å². The van der Waals surface area contributed by atoms with Crippen molar-refractivity contribution in [2.24, 2.45) is 0 Å². The summed E-state index contributed by atoms with van der Waals surface area (Å²) in [5.74, 6) is -2.77. The van der Waals surface area contributed by atoms with Crippen LogP contribution < -0.4 is 9.21 Å². The van der Waals surface area contributed by atoms with Gasteiger partial charge in [-0.2, -0.15) is 0 Å². The highest BCUT2D eigenvalue weighted by Crippen LogP contribution is 2.36. The number of anilines is 2. The van der Waals surface area contributed by atoms with Crippen molar-refractivity contribution in [3.63, 3.8) is 0 Å². The van der Waals surface area contributed by atoms with Gasteiger partial charge in [0.05, 0.1) is 33.3 Å². The predicted octanol–water partition coefficient (Wildman–Crippen LogP) is 4.04. The smallest absolute Gasteiger partial charge is 0.346 e. The van der Waals surface area contributed by atoms with E-state index in [-0.39, 0.29) is 39.0 Å². The number of imide groups is 1. The number of fused-ring (bicyclic) bond motifs is 1. The van der Waals surface area contributed by atoms with Gasteiger partial charge in [0.15, 0.2) is 0 Å². The lowest BCUT2D eigenvalue weighted by Gasteiger charge is -2.28. The topological polar surface area (TPSA) is 112 Å². The molecule has 1 N–H and O–H groups in total. The third kappa shape index (κ3) is 3.90. The lowest BCUT2D eigenvalue weighted by atomic mass is 10.0. The van der Waals surface area contributed by atoms with E-state index in [2.05, 4.69) is 0 Å². The molecule has 11 heteroatoms. The number of carboxylic acid groups (broad SMARTS) is 1. The second kappa shape index (κ2) is 8.62. The third-order valence-electron chi connectivity index (χ3n) is 5.15. The Morgan fingerprint density at radius 2 is 1.88 bits per heavy atom. The molecule has 8 nitrogen and oxygen atoms in total. The number of carboxylic acids is 1. The van der Waals surface area contributed by atoms with E-state index in [1.54, 1.807) is 37.3 Å². The highest BCUT2D eigenvalue weighted by atomic mass is 35.5.